The van der Waals surface area contributed by atoms with Crippen LogP contribution in [0.4, 0.5) is 4.79 Å². The van der Waals surface area contributed by atoms with E-state index in [0.717, 1.165) is 30.5 Å². The van der Waals surface area contributed by atoms with E-state index in [1.54, 1.807) is 37.7 Å². The lowest BCUT2D eigenvalue weighted by atomic mass is 9.83. The van der Waals surface area contributed by atoms with Crippen LogP contribution in [0.15, 0.2) is 67.3 Å². The molecule has 13 heteroatoms. The van der Waals surface area contributed by atoms with Crippen molar-refractivity contribution in [2.24, 2.45) is 11.8 Å². The summed E-state index contributed by atoms with van der Waals surface area (Å²) in [7, 11) is 3.30. The number of imidazole rings is 1. The smallest absolute Gasteiger partial charge is 0.317 e. The molecule has 2 heterocycles. The number of amides is 4. The fourth-order valence-corrected chi connectivity index (χ4v) is 6.72. The average Bonchev–Trinajstić information content (AvgIpc) is 3.65. The minimum Gasteiger partial charge on any atom is -0.391 e. The topological polar surface area (TPSA) is 144 Å². The van der Waals surface area contributed by atoms with Gasteiger partial charge in [-0.1, -0.05) is 82.3 Å². The van der Waals surface area contributed by atoms with Gasteiger partial charge in [0.1, 0.15) is 12.1 Å². The van der Waals surface area contributed by atoms with Crippen molar-refractivity contribution in [2.75, 3.05) is 20.6 Å². The summed E-state index contributed by atoms with van der Waals surface area (Å²) in [6.07, 6.45) is 13.2. The maximum Gasteiger partial charge on any atom is 0.317 e. The lowest BCUT2D eigenvalue weighted by Gasteiger charge is -2.35. The van der Waals surface area contributed by atoms with Gasteiger partial charge in [-0.25, -0.2) is 9.78 Å². The van der Waals surface area contributed by atoms with E-state index in [1.807, 2.05) is 48.5 Å². The van der Waals surface area contributed by atoms with Crippen molar-refractivity contribution in [1.82, 2.24) is 35.4 Å². The van der Waals surface area contributed by atoms with E-state index in [0.29, 0.717) is 43.3 Å². The Morgan fingerprint density at radius 3 is 2.25 bits per heavy atom. The Morgan fingerprint density at radius 2 is 1.62 bits per heavy atom. The maximum absolute atomic E-state index is 14.4. The van der Waals surface area contributed by atoms with Crippen LogP contribution in [0.5, 0.6) is 0 Å². The summed E-state index contributed by atoms with van der Waals surface area (Å²) < 4.78 is 0. The number of likely N-dealkylation sites (N-methyl/N-ethyl adjacent to an activating group) is 2. The van der Waals surface area contributed by atoms with Crippen LogP contribution in [-0.2, 0) is 28.9 Å². The number of aromatic amines is 1. The molecule has 52 heavy (non-hydrogen) atoms. The highest BCUT2D eigenvalue weighted by Gasteiger charge is 2.35. The van der Waals surface area contributed by atoms with E-state index in [9.17, 15) is 19.5 Å². The van der Waals surface area contributed by atoms with E-state index in [4.69, 9.17) is 0 Å². The van der Waals surface area contributed by atoms with Gasteiger partial charge in [-0.15, -0.1) is 24.8 Å². The van der Waals surface area contributed by atoms with Crippen LogP contribution < -0.4 is 10.6 Å². The average molecular weight is 761 g/mol. The fourth-order valence-electron chi connectivity index (χ4n) is 6.72. The number of H-pyrrole nitrogens is 1. The van der Waals surface area contributed by atoms with Gasteiger partial charge in [0.05, 0.1) is 24.2 Å². The summed E-state index contributed by atoms with van der Waals surface area (Å²) in [5.41, 5.74) is 2.38. The highest BCUT2D eigenvalue weighted by molar-refractivity contribution is 5.92. The quantitative estimate of drug-likeness (QED) is 0.130. The van der Waals surface area contributed by atoms with Crippen LogP contribution in [0.2, 0.25) is 0 Å². The standard InChI is InChI=1S/C39H57N7O4.2ClH/c1-28(2)18-19-36(47)33(23-29-13-7-5-8-14-29)43-37(48)35(25-32-26-40-27-42-32)46(4)38(49)34(24-30-15-9-6-10-16-30)44-39(50)45(3)22-20-31-17-11-12-21-41-31;;/h6,9-12,15-17,21,26-29,33-36,47H,5,7-8,13-14,18-20,22-25H2,1-4H3,(H,40,42)(H,43,48)(H,44,50);2*1H/t33?,34-,35-,36-;;/m0../s1. The lowest BCUT2D eigenvalue weighted by molar-refractivity contribution is -0.141. The molecule has 2 aromatic heterocycles. The first-order valence-electron chi connectivity index (χ1n) is 18.3. The number of benzene rings is 1. The summed E-state index contributed by atoms with van der Waals surface area (Å²) in [6, 6.07) is 12.5. The molecule has 11 nitrogen and oxygen atoms in total. The number of hydrogen-bond acceptors (Lipinski definition) is 6. The second-order valence-corrected chi connectivity index (χ2v) is 14.3. The summed E-state index contributed by atoms with van der Waals surface area (Å²) in [5.74, 6) is 0.135. The van der Waals surface area contributed by atoms with E-state index >= 15 is 0 Å². The van der Waals surface area contributed by atoms with Crippen LogP contribution in [-0.4, -0.2) is 92.6 Å². The molecule has 0 bridgehead atoms. The van der Waals surface area contributed by atoms with Crippen LogP contribution in [0.25, 0.3) is 0 Å². The molecule has 4 amide bonds. The number of aliphatic hydroxyl groups is 1. The number of nitrogens with one attached hydrogen (secondary N) is 3. The Kier molecular flexibility index (Phi) is 19.8. The molecule has 1 fully saturated rings. The lowest BCUT2D eigenvalue weighted by Crippen LogP contribution is -2.58. The van der Waals surface area contributed by atoms with Crippen LogP contribution in [0, 0.1) is 11.8 Å². The summed E-state index contributed by atoms with van der Waals surface area (Å²) >= 11 is 0. The van der Waals surface area contributed by atoms with Crippen molar-refractivity contribution in [3.63, 3.8) is 0 Å². The van der Waals surface area contributed by atoms with E-state index in [1.165, 1.54) is 24.2 Å². The first-order chi connectivity index (χ1) is 24.1. The summed E-state index contributed by atoms with van der Waals surface area (Å²) in [5, 5.41) is 17.5. The van der Waals surface area contributed by atoms with Gasteiger partial charge in [-0.3, -0.25) is 14.6 Å². The van der Waals surface area contributed by atoms with Gasteiger partial charge in [0.25, 0.3) is 0 Å². The molecule has 1 aliphatic rings. The molecule has 0 radical (unpaired) electrons. The van der Waals surface area contributed by atoms with Gasteiger partial charge in [-0.05, 0) is 48.8 Å². The van der Waals surface area contributed by atoms with Gasteiger partial charge in [0.2, 0.25) is 11.8 Å². The normalized spacial score (nSPS) is 15.3. The molecule has 1 aliphatic carbocycles. The summed E-state index contributed by atoms with van der Waals surface area (Å²) in [6.45, 7) is 4.67. The molecule has 3 aromatic rings. The number of aliphatic hydroxyl groups excluding tert-OH is 1. The molecule has 4 N–H and O–H groups in total. The molecule has 0 aliphatic heterocycles. The Bertz CT molecular complexity index is 1440. The van der Waals surface area contributed by atoms with Gasteiger partial charge >= 0.3 is 6.03 Å². The predicted molar refractivity (Wildman–Crippen MR) is 210 cm³/mol. The van der Waals surface area contributed by atoms with Gasteiger partial charge in [0.15, 0.2) is 0 Å². The molecule has 0 saturated heterocycles. The Hall–Kier alpha value is -3.67. The van der Waals surface area contributed by atoms with Crippen molar-refractivity contribution in [3.8, 4) is 0 Å². The minimum atomic E-state index is -0.934. The zero-order chi connectivity index (χ0) is 35.9. The fraction of sp³-hybridized carbons (Fsp3) is 0.564. The van der Waals surface area contributed by atoms with Gasteiger partial charge in [0, 0.05) is 58.0 Å². The number of rotatable bonds is 18. The second-order valence-electron chi connectivity index (χ2n) is 14.3. The van der Waals surface area contributed by atoms with Crippen molar-refractivity contribution in [2.45, 2.75) is 109 Å². The maximum atomic E-state index is 14.4. The van der Waals surface area contributed by atoms with E-state index in [2.05, 4.69) is 39.4 Å². The third kappa shape index (κ3) is 14.4. The van der Waals surface area contributed by atoms with Crippen molar-refractivity contribution in [1.29, 1.82) is 0 Å². The Labute approximate surface area is 322 Å². The highest BCUT2D eigenvalue weighted by atomic mass is 35.5. The highest BCUT2D eigenvalue weighted by Crippen LogP contribution is 2.29. The third-order valence-electron chi connectivity index (χ3n) is 9.87. The molecular weight excluding hydrogens is 701 g/mol. The van der Waals surface area contributed by atoms with E-state index in [-0.39, 0.29) is 49.5 Å². The Morgan fingerprint density at radius 1 is 0.904 bits per heavy atom. The van der Waals surface area contributed by atoms with E-state index < -0.39 is 30.3 Å². The third-order valence-corrected chi connectivity index (χ3v) is 9.87. The van der Waals surface area contributed by atoms with Crippen LogP contribution >= 0.6 is 24.8 Å². The first-order valence-corrected chi connectivity index (χ1v) is 18.3. The monoisotopic (exact) mass is 759 g/mol. The molecule has 1 unspecified atom stereocenters. The van der Waals surface area contributed by atoms with Crippen LogP contribution in [0.1, 0.15) is 82.2 Å². The molecule has 1 aromatic carbocycles. The number of pyridine rings is 1. The van der Waals surface area contributed by atoms with Crippen molar-refractivity contribution >= 4 is 42.7 Å². The largest absolute Gasteiger partial charge is 0.391 e. The predicted octanol–water partition coefficient (Wildman–Crippen LogP) is 5.77. The summed E-state index contributed by atoms with van der Waals surface area (Å²) in [4.78, 5) is 56.8. The molecule has 288 valence electrons. The number of carbonyl (C=O) groups is 3. The molecule has 4 atom stereocenters. The zero-order valence-corrected chi connectivity index (χ0v) is 32.7. The zero-order valence-electron chi connectivity index (χ0n) is 31.1. The minimum absolute atomic E-state index is 0. The van der Waals surface area contributed by atoms with Crippen molar-refractivity contribution < 1.29 is 19.5 Å². The number of nitrogens with zero attached hydrogens (tertiary/aromatic N) is 4. The SMILES string of the molecule is CC(C)CC[C@H](O)C(CC1CCCCC1)NC(=O)[C@H](Cc1c[nH]cn1)N(C)C(=O)[C@H](Cc1ccccc1)NC(=O)N(C)CCc1ccccn1.Cl.Cl. The van der Waals surface area contributed by atoms with Crippen LogP contribution in [0.3, 0.4) is 0 Å². The van der Waals surface area contributed by atoms with Gasteiger partial charge in [-0.2, -0.15) is 0 Å². The Balaban J connectivity index is 0.00000468. The number of halogens is 2. The molecule has 4 rings (SSSR count). The number of carbonyl (C=O) groups excluding carboxylic acids is 3. The number of urea groups is 1. The molecular formula is C39H59Cl2N7O4. The first kappa shape index (κ1) is 44.5. The number of hydrogen-bond donors (Lipinski definition) is 4. The molecule has 1 saturated carbocycles. The second kappa shape index (κ2) is 23.1. The van der Waals surface area contributed by atoms with Gasteiger partial charge < -0.3 is 30.5 Å². The van der Waals surface area contributed by atoms with Crippen molar-refractivity contribution in [3.05, 3.63) is 84.2 Å². The molecule has 0 spiro atoms. The number of aromatic nitrogens is 3.